The first kappa shape index (κ1) is 47.3. The highest BCUT2D eigenvalue weighted by Crippen LogP contribution is 2.64. The normalized spacial score (nSPS) is 34.2. The number of amides is 1. The van der Waals surface area contributed by atoms with Crippen LogP contribution in [0.2, 0.25) is 0 Å². The second kappa shape index (κ2) is 17.0. The zero-order valence-corrected chi connectivity index (χ0v) is 37.9. The molecular weight excluding hydrogens is 847 g/mol. The number of nitrogens with one attached hydrogen (secondary N) is 1. The van der Waals surface area contributed by atoms with Gasteiger partial charge in [-0.25, -0.2) is 14.4 Å². The maximum atomic E-state index is 15.7. The van der Waals surface area contributed by atoms with E-state index >= 15 is 4.79 Å². The van der Waals surface area contributed by atoms with Gasteiger partial charge in [-0.2, -0.15) is 0 Å². The summed E-state index contributed by atoms with van der Waals surface area (Å²) in [6.45, 7) is 11.6. The Hall–Kier alpha value is -5.62. The number of rotatable bonds is 5. The fourth-order valence-corrected chi connectivity index (χ4v) is 10.5. The van der Waals surface area contributed by atoms with Crippen molar-refractivity contribution in [3.63, 3.8) is 0 Å². The van der Waals surface area contributed by atoms with Gasteiger partial charge in [0, 0.05) is 25.2 Å². The number of benzene rings is 2. The van der Waals surface area contributed by atoms with Crippen LogP contribution in [0, 0.1) is 16.7 Å². The molecule has 0 aromatic heterocycles. The van der Waals surface area contributed by atoms with Crippen LogP contribution in [0.3, 0.4) is 0 Å². The van der Waals surface area contributed by atoms with Gasteiger partial charge in [0.25, 0.3) is 0 Å². The van der Waals surface area contributed by atoms with Crippen molar-refractivity contribution in [3.05, 3.63) is 82.4 Å². The molecule has 7 rings (SSSR count). The predicted molar refractivity (Wildman–Crippen MR) is 228 cm³/mol. The number of hydrogen-bond donors (Lipinski definition) is 4. The molecule has 1 spiro atoms. The maximum Gasteiger partial charge on any atom is 0.408 e. The zero-order chi connectivity index (χ0) is 47.6. The molecule has 2 aromatic rings. The van der Waals surface area contributed by atoms with Crippen molar-refractivity contribution in [2.24, 2.45) is 16.7 Å². The van der Waals surface area contributed by atoms with Crippen molar-refractivity contribution in [2.75, 3.05) is 13.7 Å². The van der Waals surface area contributed by atoms with Gasteiger partial charge in [0.1, 0.15) is 35.3 Å². The summed E-state index contributed by atoms with van der Waals surface area (Å²) in [4.78, 5) is 85.4. The van der Waals surface area contributed by atoms with E-state index in [1.165, 1.54) is 45.2 Å². The van der Waals surface area contributed by atoms with E-state index in [-0.39, 0.29) is 35.3 Å². The van der Waals surface area contributed by atoms with Gasteiger partial charge in [-0.3, -0.25) is 14.4 Å². The van der Waals surface area contributed by atoms with Crippen LogP contribution in [0.5, 0.6) is 5.75 Å². The fraction of sp³-hybridized carbons (Fsp3) is 0.542. The Morgan fingerprint density at radius 1 is 0.969 bits per heavy atom. The molecule has 17 nitrogen and oxygen atoms in total. The molecule has 2 heterocycles. The van der Waals surface area contributed by atoms with E-state index in [4.69, 9.17) is 33.2 Å². The number of Topliss-reactive ketones (excluding diaryl/α,β-unsaturated/α-hetero) is 1. The summed E-state index contributed by atoms with van der Waals surface area (Å²) in [7, 11) is 1.40. The molecular formula is C48H57NO16. The number of carbonyl (C=O) groups is 6. The molecule has 11 atom stereocenters. The molecule has 2 aromatic carbocycles. The molecule has 11 unspecified atom stereocenters. The highest BCUT2D eigenvalue weighted by Gasteiger charge is 2.78. The minimum Gasteiger partial charge on any atom is -0.497 e. The molecule has 0 radical (unpaired) electrons. The van der Waals surface area contributed by atoms with Gasteiger partial charge in [-0.05, 0) is 75.1 Å². The number of ketones is 1. The summed E-state index contributed by atoms with van der Waals surface area (Å²) in [6, 6.07) is 11.0. The Morgan fingerprint density at radius 3 is 2.32 bits per heavy atom. The number of alkyl carbamates (subject to hydrolysis) is 1. The quantitative estimate of drug-likeness (QED) is 0.186. The number of aliphatic hydroxyl groups excluding tert-OH is 2. The second-order valence-corrected chi connectivity index (χ2v) is 19.2. The summed E-state index contributed by atoms with van der Waals surface area (Å²) >= 11 is 0. The molecule has 65 heavy (non-hydrogen) atoms. The van der Waals surface area contributed by atoms with Crippen molar-refractivity contribution >= 4 is 41.8 Å². The topological polar surface area (TPSA) is 240 Å². The lowest BCUT2D eigenvalue weighted by molar-refractivity contribution is -0.346. The number of aliphatic hydroxyl groups is 3. The number of hydrogen-bond acceptors (Lipinski definition) is 16. The van der Waals surface area contributed by atoms with E-state index < -0.39 is 125 Å². The van der Waals surface area contributed by atoms with Crippen molar-refractivity contribution in [1.82, 2.24) is 5.32 Å². The lowest BCUT2D eigenvalue weighted by Crippen LogP contribution is -2.82. The molecule has 3 fully saturated rings. The smallest absolute Gasteiger partial charge is 0.408 e. The van der Waals surface area contributed by atoms with Crippen LogP contribution in [0.25, 0.3) is 6.08 Å². The first-order chi connectivity index (χ1) is 30.4. The Kier molecular flexibility index (Phi) is 12.4. The van der Waals surface area contributed by atoms with Crippen molar-refractivity contribution in [1.29, 1.82) is 0 Å². The Bertz CT molecular complexity index is 2350. The third kappa shape index (κ3) is 8.10. The van der Waals surface area contributed by atoms with Crippen molar-refractivity contribution in [2.45, 2.75) is 134 Å². The molecule has 1 saturated heterocycles. The molecule has 17 heteroatoms. The van der Waals surface area contributed by atoms with Gasteiger partial charge in [-0.1, -0.05) is 56.3 Å². The SMILES string of the molecule is COc1cccc(C(=O)OC2C3C45COC4CC(O)C3(C)C(=O)C(OC(C)=O)C3=C(C)C(CC2(O)C3(C)C)OC(=O)C(O)C(NC(=O)OC(C)(C)C)c2ccccc2C=CCC(=O)O5)c1. The van der Waals surface area contributed by atoms with Crippen molar-refractivity contribution in [3.8, 4) is 5.75 Å². The van der Waals surface area contributed by atoms with Gasteiger partial charge in [-0.15, -0.1) is 0 Å². The molecule has 350 valence electrons. The second-order valence-electron chi connectivity index (χ2n) is 19.2. The summed E-state index contributed by atoms with van der Waals surface area (Å²) in [5, 5.41) is 40.6. The van der Waals surface area contributed by atoms with E-state index in [2.05, 4.69) is 5.32 Å². The van der Waals surface area contributed by atoms with E-state index in [1.54, 1.807) is 71.0 Å². The summed E-state index contributed by atoms with van der Waals surface area (Å²) < 4.78 is 41.8. The van der Waals surface area contributed by atoms with Gasteiger partial charge in [0.15, 0.2) is 23.6 Å². The minimum atomic E-state index is -2.44. The van der Waals surface area contributed by atoms with Gasteiger partial charge in [0.05, 0.1) is 49.2 Å². The van der Waals surface area contributed by atoms with E-state index in [0.717, 1.165) is 6.92 Å². The number of ether oxygens (including phenoxy) is 7. The van der Waals surface area contributed by atoms with Crippen LogP contribution in [0.1, 0.15) is 102 Å². The van der Waals surface area contributed by atoms with Crippen LogP contribution in [-0.4, -0.2) is 118 Å². The van der Waals surface area contributed by atoms with E-state index in [0.29, 0.717) is 11.3 Å². The third-order valence-corrected chi connectivity index (χ3v) is 13.8. The molecule has 4 N–H and O–H groups in total. The Labute approximate surface area is 376 Å². The van der Waals surface area contributed by atoms with Gasteiger partial charge in [0.2, 0.25) is 0 Å². The van der Waals surface area contributed by atoms with Gasteiger partial charge >= 0.3 is 30.0 Å². The van der Waals surface area contributed by atoms with E-state index in [1.807, 2.05) is 0 Å². The lowest BCUT2D eigenvalue weighted by Gasteiger charge is -2.67. The molecule has 3 aliphatic carbocycles. The van der Waals surface area contributed by atoms with Crippen molar-refractivity contribution < 1.29 is 77.2 Å². The first-order valence-corrected chi connectivity index (χ1v) is 21.5. The highest BCUT2D eigenvalue weighted by molar-refractivity contribution is 5.96. The number of carbonyl (C=O) groups excluding carboxylic acids is 6. The number of methoxy groups -OCH3 is 1. The zero-order valence-electron chi connectivity index (χ0n) is 37.9. The fourth-order valence-electron chi connectivity index (χ4n) is 10.5. The third-order valence-electron chi connectivity index (χ3n) is 13.8. The predicted octanol–water partition coefficient (Wildman–Crippen LogP) is 4.24. The average Bonchev–Trinajstić information content (AvgIpc) is 3.22. The number of esters is 4. The minimum absolute atomic E-state index is 0.0251. The lowest BCUT2D eigenvalue weighted by atomic mass is 9.44. The molecule has 2 aliphatic heterocycles. The first-order valence-electron chi connectivity index (χ1n) is 21.5. The molecule has 5 aliphatic rings. The monoisotopic (exact) mass is 903 g/mol. The Morgan fingerprint density at radius 2 is 1.68 bits per heavy atom. The maximum absolute atomic E-state index is 15.7. The highest BCUT2D eigenvalue weighted by atomic mass is 16.6. The van der Waals surface area contributed by atoms with Crippen LogP contribution < -0.4 is 10.1 Å². The molecule has 1 amide bonds. The number of fused-ring (bicyclic) bond motifs is 3. The average molecular weight is 904 g/mol. The van der Waals surface area contributed by atoms with Crippen LogP contribution in [-0.2, 0) is 47.6 Å². The van der Waals surface area contributed by atoms with Crippen LogP contribution in [0.15, 0.2) is 65.8 Å². The summed E-state index contributed by atoms with van der Waals surface area (Å²) in [6.07, 6.45) is -9.32. The summed E-state index contributed by atoms with van der Waals surface area (Å²) in [5.41, 5.74) is -8.38. The molecule has 4 bridgehead atoms. The van der Waals surface area contributed by atoms with Crippen LogP contribution >= 0.6 is 0 Å². The largest absolute Gasteiger partial charge is 0.497 e. The molecule has 2 saturated carbocycles. The standard InChI is InChI=1S/C48H57NO16/c1-24-30-22-48(58)40(63-41(55)27-16-12-17-28(20-27)59-9)38-46(8,39(54)37(61-25(2)50)34(24)45(48,6)7)31(51)21-32-47(38,23-60-32)64-33(52)19-13-15-26-14-10-11-18-29(26)35(36(53)42(56)62-30)49-43(57)65-44(3,4)5/h10-18,20,30-32,35-38,40,51,53,58H,19,21-23H2,1-9H3,(H,49,57). The Balaban J connectivity index is 1.50. The van der Waals surface area contributed by atoms with Gasteiger partial charge < -0.3 is 53.8 Å². The van der Waals surface area contributed by atoms with E-state index in [9.17, 15) is 39.3 Å². The van der Waals surface area contributed by atoms with Crippen LogP contribution in [0.4, 0.5) is 4.79 Å². The summed E-state index contributed by atoms with van der Waals surface area (Å²) in [5.74, 6) is -6.21.